The topological polar surface area (TPSA) is 81.8 Å². The van der Waals surface area contributed by atoms with E-state index in [9.17, 15) is 9.59 Å². The monoisotopic (exact) mass is 365 g/mol. The Hall–Kier alpha value is -2.96. The molecule has 2 heterocycles. The molecule has 0 saturated carbocycles. The van der Waals surface area contributed by atoms with Gasteiger partial charge in [0.15, 0.2) is 0 Å². The highest BCUT2D eigenvalue weighted by Crippen LogP contribution is 2.17. The molecule has 0 fully saturated rings. The summed E-state index contributed by atoms with van der Waals surface area (Å²) in [6.07, 6.45) is 5.10. The van der Waals surface area contributed by atoms with Gasteiger partial charge in [0.05, 0.1) is 23.3 Å². The van der Waals surface area contributed by atoms with E-state index in [2.05, 4.69) is 15.4 Å². The Kier molecular flexibility index (Phi) is 4.75. The van der Waals surface area contributed by atoms with Crippen LogP contribution in [0.1, 0.15) is 36.3 Å². The maximum Gasteiger partial charge on any atom is 0.267 e. The normalized spacial score (nSPS) is 14.0. The van der Waals surface area contributed by atoms with Crippen molar-refractivity contribution in [3.05, 3.63) is 57.8 Å². The lowest BCUT2D eigenvalue weighted by molar-refractivity contribution is -0.122. The summed E-state index contributed by atoms with van der Waals surface area (Å²) in [6.45, 7) is 0.236. The second-order valence-electron chi connectivity index (χ2n) is 7.03. The number of carbonyl (C=O) groups is 1. The Labute approximate surface area is 157 Å². The van der Waals surface area contributed by atoms with Crippen molar-refractivity contribution < 1.29 is 4.79 Å². The molecule has 0 unspecified atom stereocenters. The fourth-order valence-corrected chi connectivity index (χ4v) is 3.61. The first kappa shape index (κ1) is 17.5. The summed E-state index contributed by atoms with van der Waals surface area (Å²) in [4.78, 5) is 29.2. The van der Waals surface area contributed by atoms with E-state index < -0.39 is 0 Å². The molecule has 140 valence electrons. The van der Waals surface area contributed by atoms with Crippen LogP contribution >= 0.6 is 0 Å². The lowest BCUT2D eigenvalue weighted by Gasteiger charge is -2.10. The van der Waals surface area contributed by atoms with Crippen molar-refractivity contribution in [2.75, 3.05) is 0 Å². The fraction of sp³-hybridized carbons (Fsp3) is 0.400. The van der Waals surface area contributed by atoms with Crippen LogP contribution in [0.2, 0.25) is 0 Å². The van der Waals surface area contributed by atoms with E-state index >= 15 is 0 Å². The molecular weight excluding hydrogens is 342 g/mol. The largest absolute Gasteiger partial charge is 0.347 e. The molecule has 0 bridgehead atoms. The van der Waals surface area contributed by atoms with Crippen molar-refractivity contribution in [1.29, 1.82) is 0 Å². The molecule has 1 amide bonds. The lowest BCUT2D eigenvalue weighted by atomic mass is 10.1. The number of imidazole rings is 1. The summed E-state index contributed by atoms with van der Waals surface area (Å²) >= 11 is 0. The van der Waals surface area contributed by atoms with Crippen LogP contribution in [0.5, 0.6) is 0 Å². The third kappa shape index (κ3) is 3.63. The number of hydrogen-bond acceptors (Lipinski definition) is 4. The van der Waals surface area contributed by atoms with Gasteiger partial charge in [0.25, 0.3) is 5.56 Å². The van der Waals surface area contributed by atoms with Crippen LogP contribution in [0.15, 0.2) is 35.1 Å². The summed E-state index contributed by atoms with van der Waals surface area (Å²) in [5, 5.41) is 7.29. The van der Waals surface area contributed by atoms with E-state index in [1.165, 1.54) is 4.68 Å². The van der Waals surface area contributed by atoms with Crippen molar-refractivity contribution in [2.24, 2.45) is 7.05 Å². The van der Waals surface area contributed by atoms with Crippen LogP contribution < -0.4 is 10.9 Å². The molecule has 1 aliphatic carbocycles. The van der Waals surface area contributed by atoms with Gasteiger partial charge in [0.2, 0.25) is 5.91 Å². The summed E-state index contributed by atoms with van der Waals surface area (Å²) in [5.41, 5.74) is 3.69. The van der Waals surface area contributed by atoms with Crippen molar-refractivity contribution >= 4 is 16.9 Å². The molecule has 7 heteroatoms. The molecule has 0 saturated heterocycles. The number of aromatic nitrogens is 4. The standard InChI is InChI=1S/C20H23N5O2/c1-24-17-10-6-5-9-16(17)22-18(24)12-21-19(26)13-25-20(27)11-14-7-3-2-4-8-15(14)23-25/h5-6,9-11H,2-4,7-8,12-13H2,1H3,(H,21,26). The van der Waals surface area contributed by atoms with Gasteiger partial charge in [-0.05, 0) is 43.4 Å². The van der Waals surface area contributed by atoms with E-state index in [-0.39, 0.29) is 18.0 Å². The maximum atomic E-state index is 12.4. The first-order chi connectivity index (χ1) is 13.1. The quantitative estimate of drug-likeness (QED) is 0.714. The molecule has 0 aliphatic heterocycles. The second-order valence-corrected chi connectivity index (χ2v) is 7.03. The number of nitrogens with one attached hydrogen (secondary N) is 1. The summed E-state index contributed by atoms with van der Waals surface area (Å²) in [7, 11) is 1.93. The number of para-hydroxylation sites is 2. The summed E-state index contributed by atoms with van der Waals surface area (Å²) in [5.74, 6) is 0.525. The molecule has 1 aromatic carbocycles. The van der Waals surface area contributed by atoms with Crippen LogP contribution in [0, 0.1) is 0 Å². The van der Waals surface area contributed by atoms with Crippen LogP contribution in [-0.2, 0) is 37.8 Å². The SMILES string of the molecule is Cn1c(CNC(=O)Cn2nc3c(cc2=O)CCCCC3)nc2ccccc21. The molecule has 0 spiro atoms. The highest BCUT2D eigenvalue weighted by atomic mass is 16.2. The van der Waals surface area contributed by atoms with Gasteiger partial charge in [-0.1, -0.05) is 18.6 Å². The molecule has 0 radical (unpaired) electrons. The Morgan fingerprint density at radius 3 is 2.85 bits per heavy atom. The molecule has 2 aromatic heterocycles. The van der Waals surface area contributed by atoms with Gasteiger partial charge in [-0.3, -0.25) is 9.59 Å². The van der Waals surface area contributed by atoms with Crippen molar-refractivity contribution in [1.82, 2.24) is 24.6 Å². The molecule has 3 aromatic rings. The zero-order valence-electron chi connectivity index (χ0n) is 15.4. The number of fused-ring (bicyclic) bond motifs is 2. The lowest BCUT2D eigenvalue weighted by Crippen LogP contribution is -2.34. The van der Waals surface area contributed by atoms with Gasteiger partial charge >= 0.3 is 0 Å². The number of amides is 1. The van der Waals surface area contributed by atoms with Crippen LogP contribution in [0.3, 0.4) is 0 Å². The number of nitrogens with zero attached hydrogens (tertiary/aromatic N) is 4. The van der Waals surface area contributed by atoms with Crippen LogP contribution in [0.4, 0.5) is 0 Å². The smallest absolute Gasteiger partial charge is 0.267 e. The van der Waals surface area contributed by atoms with E-state index in [0.29, 0.717) is 6.54 Å². The van der Waals surface area contributed by atoms with Gasteiger partial charge in [-0.2, -0.15) is 5.10 Å². The molecule has 1 N–H and O–H groups in total. The first-order valence-electron chi connectivity index (χ1n) is 9.39. The molecular formula is C20H23N5O2. The molecule has 7 nitrogen and oxygen atoms in total. The summed E-state index contributed by atoms with van der Waals surface area (Å²) < 4.78 is 3.23. The average molecular weight is 365 g/mol. The minimum Gasteiger partial charge on any atom is -0.347 e. The predicted molar refractivity (Wildman–Crippen MR) is 102 cm³/mol. The molecule has 0 atom stereocenters. The minimum absolute atomic E-state index is 0.0734. The second kappa shape index (κ2) is 7.34. The number of hydrogen-bond donors (Lipinski definition) is 1. The highest BCUT2D eigenvalue weighted by Gasteiger charge is 2.14. The minimum atomic E-state index is -0.245. The van der Waals surface area contributed by atoms with Crippen molar-refractivity contribution in [2.45, 2.75) is 45.2 Å². The van der Waals surface area contributed by atoms with E-state index in [1.54, 1.807) is 6.07 Å². The van der Waals surface area contributed by atoms with E-state index in [1.807, 2.05) is 35.9 Å². The maximum absolute atomic E-state index is 12.4. The summed E-state index contributed by atoms with van der Waals surface area (Å²) in [6, 6.07) is 9.48. The number of aryl methyl sites for hydroxylation is 3. The van der Waals surface area contributed by atoms with Crippen molar-refractivity contribution in [3.63, 3.8) is 0 Å². The van der Waals surface area contributed by atoms with E-state index in [4.69, 9.17) is 0 Å². The first-order valence-corrected chi connectivity index (χ1v) is 9.39. The Bertz CT molecular complexity index is 1050. The number of rotatable bonds is 4. The van der Waals surface area contributed by atoms with Gasteiger partial charge < -0.3 is 9.88 Å². The van der Waals surface area contributed by atoms with Gasteiger partial charge in [0, 0.05) is 13.1 Å². The zero-order valence-corrected chi connectivity index (χ0v) is 15.4. The number of carbonyl (C=O) groups excluding carboxylic acids is 1. The van der Waals surface area contributed by atoms with Crippen molar-refractivity contribution in [3.8, 4) is 0 Å². The van der Waals surface area contributed by atoms with Gasteiger partial charge in [-0.15, -0.1) is 0 Å². The average Bonchev–Trinajstić information content (AvgIpc) is 2.82. The molecule has 4 rings (SSSR count). The highest BCUT2D eigenvalue weighted by molar-refractivity contribution is 5.77. The third-order valence-electron chi connectivity index (χ3n) is 5.14. The van der Waals surface area contributed by atoms with Gasteiger partial charge in [-0.25, -0.2) is 9.67 Å². The molecule has 1 aliphatic rings. The van der Waals surface area contributed by atoms with Crippen LogP contribution in [0.25, 0.3) is 11.0 Å². The zero-order chi connectivity index (χ0) is 18.8. The number of benzene rings is 1. The molecule has 27 heavy (non-hydrogen) atoms. The van der Waals surface area contributed by atoms with Crippen LogP contribution in [-0.4, -0.2) is 25.2 Å². The Morgan fingerprint density at radius 1 is 1.19 bits per heavy atom. The fourth-order valence-electron chi connectivity index (χ4n) is 3.61. The Balaban J connectivity index is 1.45. The van der Waals surface area contributed by atoms with E-state index in [0.717, 1.165) is 60.2 Å². The Morgan fingerprint density at radius 2 is 2.00 bits per heavy atom. The predicted octanol–water partition coefficient (Wildman–Crippen LogP) is 1.72. The van der Waals surface area contributed by atoms with Gasteiger partial charge in [0.1, 0.15) is 12.4 Å². The third-order valence-corrected chi connectivity index (χ3v) is 5.14.